The Morgan fingerprint density at radius 3 is 2.86 bits per heavy atom. The SMILES string of the molecule is COc1ccc(Cl)cc1NC(=O)CN1CCC(C)(CN)C1.Cl. The van der Waals surface area contributed by atoms with Gasteiger partial charge >= 0.3 is 0 Å². The van der Waals surface area contributed by atoms with Crippen molar-refractivity contribution in [3.63, 3.8) is 0 Å². The minimum Gasteiger partial charge on any atom is -0.495 e. The molecule has 1 heterocycles. The van der Waals surface area contributed by atoms with Gasteiger partial charge in [-0.2, -0.15) is 0 Å². The van der Waals surface area contributed by atoms with Gasteiger partial charge in [0, 0.05) is 11.6 Å². The molecular formula is C15H23Cl2N3O2. The van der Waals surface area contributed by atoms with Gasteiger partial charge in [0.25, 0.3) is 0 Å². The summed E-state index contributed by atoms with van der Waals surface area (Å²) in [6.07, 6.45) is 1.03. The molecule has 0 aromatic heterocycles. The van der Waals surface area contributed by atoms with Gasteiger partial charge in [0.1, 0.15) is 5.75 Å². The average Bonchev–Trinajstić information content (AvgIpc) is 2.81. The minimum atomic E-state index is -0.0724. The highest BCUT2D eigenvalue weighted by atomic mass is 35.5. The van der Waals surface area contributed by atoms with Gasteiger partial charge in [0.15, 0.2) is 0 Å². The van der Waals surface area contributed by atoms with E-state index in [1.54, 1.807) is 25.3 Å². The molecule has 1 fully saturated rings. The van der Waals surface area contributed by atoms with Gasteiger partial charge in [-0.15, -0.1) is 12.4 Å². The van der Waals surface area contributed by atoms with Crippen LogP contribution in [0.2, 0.25) is 5.02 Å². The average molecular weight is 348 g/mol. The number of likely N-dealkylation sites (tertiary alicyclic amines) is 1. The zero-order valence-corrected chi connectivity index (χ0v) is 14.5. The number of hydrogen-bond donors (Lipinski definition) is 2. The molecule has 1 aliphatic rings. The van der Waals surface area contributed by atoms with Crippen molar-refractivity contribution in [2.24, 2.45) is 11.1 Å². The molecule has 1 aliphatic heterocycles. The summed E-state index contributed by atoms with van der Waals surface area (Å²) in [4.78, 5) is 14.3. The standard InChI is InChI=1S/C15H22ClN3O2.ClH/c1-15(9-17)5-6-19(10-15)8-14(20)18-12-7-11(16)3-4-13(12)21-2;/h3-4,7H,5-6,8-10,17H2,1-2H3,(H,18,20);1H. The Morgan fingerprint density at radius 1 is 1.55 bits per heavy atom. The molecule has 1 unspecified atom stereocenters. The van der Waals surface area contributed by atoms with Gasteiger partial charge in [-0.25, -0.2) is 0 Å². The Kier molecular flexibility index (Phi) is 6.94. The maximum absolute atomic E-state index is 12.2. The van der Waals surface area contributed by atoms with Crippen LogP contribution in [-0.4, -0.2) is 44.1 Å². The molecule has 0 spiro atoms. The van der Waals surface area contributed by atoms with E-state index in [1.165, 1.54) is 0 Å². The highest BCUT2D eigenvalue weighted by molar-refractivity contribution is 6.31. The number of carbonyl (C=O) groups is 1. The number of nitrogens with two attached hydrogens (primary N) is 1. The van der Waals surface area contributed by atoms with Gasteiger partial charge in [-0.05, 0) is 43.1 Å². The summed E-state index contributed by atoms with van der Waals surface area (Å²) < 4.78 is 5.22. The van der Waals surface area contributed by atoms with E-state index in [0.29, 0.717) is 29.5 Å². The maximum Gasteiger partial charge on any atom is 0.238 e. The molecule has 5 nitrogen and oxygen atoms in total. The fourth-order valence-corrected chi connectivity index (χ4v) is 2.77. The van der Waals surface area contributed by atoms with E-state index in [-0.39, 0.29) is 23.7 Å². The van der Waals surface area contributed by atoms with E-state index in [4.69, 9.17) is 22.1 Å². The zero-order chi connectivity index (χ0) is 15.5. The lowest BCUT2D eigenvalue weighted by molar-refractivity contribution is -0.117. The Bertz CT molecular complexity index is 528. The molecule has 0 aliphatic carbocycles. The first-order valence-electron chi connectivity index (χ1n) is 7.01. The second kappa shape index (κ2) is 8.02. The molecule has 7 heteroatoms. The van der Waals surface area contributed by atoms with E-state index in [0.717, 1.165) is 19.5 Å². The van der Waals surface area contributed by atoms with Gasteiger partial charge in [0.05, 0.1) is 19.3 Å². The monoisotopic (exact) mass is 347 g/mol. The van der Waals surface area contributed by atoms with Crippen LogP contribution in [0, 0.1) is 5.41 Å². The van der Waals surface area contributed by atoms with Gasteiger partial charge in [-0.1, -0.05) is 18.5 Å². The second-order valence-electron chi connectivity index (χ2n) is 5.87. The number of carbonyl (C=O) groups excluding carboxylic acids is 1. The number of ether oxygens (including phenoxy) is 1. The molecule has 1 atom stereocenters. The van der Waals surface area contributed by atoms with Crippen molar-refractivity contribution in [3.8, 4) is 5.75 Å². The first kappa shape index (κ1) is 19.0. The number of anilines is 1. The van der Waals surface area contributed by atoms with Crippen LogP contribution in [0.4, 0.5) is 5.69 Å². The maximum atomic E-state index is 12.2. The topological polar surface area (TPSA) is 67.6 Å². The molecule has 0 bridgehead atoms. The van der Waals surface area contributed by atoms with Crippen molar-refractivity contribution in [3.05, 3.63) is 23.2 Å². The molecular weight excluding hydrogens is 325 g/mol. The lowest BCUT2D eigenvalue weighted by atomic mass is 9.90. The molecule has 0 radical (unpaired) electrons. The van der Waals surface area contributed by atoms with Crippen LogP contribution in [0.3, 0.4) is 0 Å². The highest BCUT2D eigenvalue weighted by Crippen LogP contribution is 2.29. The minimum absolute atomic E-state index is 0. The molecule has 0 saturated carbocycles. The molecule has 1 amide bonds. The molecule has 124 valence electrons. The summed E-state index contributed by atoms with van der Waals surface area (Å²) in [7, 11) is 1.56. The fraction of sp³-hybridized carbons (Fsp3) is 0.533. The zero-order valence-electron chi connectivity index (χ0n) is 12.9. The Balaban J connectivity index is 0.00000242. The number of nitrogens with zero attached hydrogens (tertiary/aromatic N) is 1. The Labute approximate surface area is 142 Å². The van der Waals surface area contributed by atoms with E-state index in [1.807, 2.05) is 0 Å². The number of benzene rings is 1. The van der Waals surface area contributed by atoms with Crippen LogP contribution in [0.25, 0.3) is 0 Å². The molecule has 1 aromatic carbocycles. The third-order valence-corrected chi connectivity index (χ3v) is 4.17. The van der Waals surface area contributed by atoms with E-state index in [2.05, 4.69) is 17.1 Å². The van der Waals surface area contributed by atoms with Crippen LogP contribution >= 0.6 is 24.0 Å². The third-order valence-electron chi connectivity index (χ3n) is 3.93. The lowest BCUT2D eigenvalue weighted by Crippen LogP contribution is -2.35. The number of hydrogen-bond acceptors (Lipinski definition) is 4. The second-order valence-corrected chi connectivity index (χ2v) is 6.30. The van der Waals surface area contributed by atoms with Crippen molar-refractivity contribution in [1.82, 2.24) is 4.90 Å². The van der Waals surface area contributed by atoms with Crippen molar-refractivity contribution >= 4 is 35.6 Å². The van der Waals surface area contributed by atoms with E-state index in [9.17, 15) is 4.79 Å². The van der Waals surface area contributed by atoms with Crippen molar-refractivity contribution in [2.75, 3.05) is 38.6 Å². The van der Waals surface area contributed by atoms with Crippen LogP contribution in [0.1, 0.15) is 13.3 Å². The third kappa shape index (κ3) is 4.74. The van der Waals surface area contributed by atoms with E-state index < -0.39 is 0 Å². The largest absolute Gasteiger partial charge is 0.495 e. The Hall–Kier alpha value is -1.01. The van der Waals surface area contributed by atoms with Crippen molar-refractivity contribution in [1.29, 1.82) is 0 Å². The van der Waals surface area contributed by atoms with Crippen LogP contribution in [0.15, 0.2) is 18.2 Å². The van der Waals surface area contributed by atoms with E-state index >= 15 is 0 Å². The summed E-state index contributed by atoms with van der Waals surface area (Å²) in [6.45, 7) is 4.90. The molecule has 22 heavy (non-hydrogen) atoms. The summed E-state index contributed by atoms with van der Waals surface area (Å²) in [6, 6.07) is 5.15. The molecule has 1 aromatic rings. The van der Waals surface area contributed by atoms with Crippen molar-refractivity contribution in [2.45, 2.75) is 13.3 Å². The highest BCUT2D eigenvalue weighted by Gasteiger charge is 2.33. The van der Waals surface area contributed by atoms with Crippen LogP contribution < -0.4 is 15.8 Å². The van der Waals surface area contributed by atoms with Gasteiger partial charge < -0.3 is 15.8 Å². The summed E-state index contributed by atoms with van der Waals surface area (Å²) in [5, 5.41) is 3.41. The molecule has 3 N–H and O–H groups in total. The fourth-order valence-electron chi connectivity index (χ4n) is 2.60. The summed E-state index contributed by atoms with van der Waals surface area (Å²) >= 11 is 5.95. The first-order valence-corrected chi connectivity index (χ1v) is 7.39. The smallest absolute Gasteiger partial charge is 0.238 e. The molecule has 2 rings (SSSR count). The number of amides is 1. The normalized spacial score (nSPS) is 21.3. The predicted octanol–water partition coefficient (Wildman–Crippen LogP) is 2.38. The summed E-state index contributed by atoms with van der Waals surface area (Å²) in [5.41, 5.74) is 6.49. The van der Waals surface area contributed by atoms with Crippen molar-refractivity contribution < 1.29 is 9.53 Å². The number of nitrogens with one attached hydrogen (secondary N) is 1. The summed E-state index contributed by atoms with van der Waals surface area (Å²) in [5.74, 6) is 0.526. The first-order chi connectivity index (χ1) is 9.95. The predicted molar refractivity (Wildman–Crippen MR) is 92.1 cm³/mol. The number of methoxy groups -OCH3 is 1. The van der Waals surface area contributed by atoms with Crippen LogP contribution in [-0.2, 0) is 4.79 Å². The van der Waals surface area contributed by atoms with Gasteiger partial charge in [-0.3, -0.25) is 9.69 Å². The Morgan fingerprint density at radius 2 is 2.27 bits per heavy atom. The number of halogens is 2. The van der Waals surface area contributed by atoms with Gasteiger partial charge in [0.2, 0.25) is 5.91 Å². The quantitative estimate of drug-likeness (QED) is 0.857. The number of rotatable bonds is 5. The van der Waals surface area contributed by atoms with Crippen LogP contribution in [0.5, 0.6) is 5.75 Å². The lowest BCUT2D eigenvalue weighted by Gasteiger charge is -2.22. The molecule has 1 saturated heterocycles.